The lowest BCUT2D eigenvalue weighted by molar-refractivity contribution is -0.126. The summed E-state index contributed by atoms with van der Waals surface area (Å²) in [6.45, 7) is 2.73. The molecule has 170 valence electrons. The fraction of sp³-hybridized carbons (Fsp3) is 0.500. The van der Waals surface area contributed by atoms with Crippen molar-refractivity contribution in [3.8, 4) is 0 Å². The zero-order valence-corrected chi connectivity index (χ0v) is 18.7. The maximum atomic E-state index is 12.8. The van der Waals surface area contributed by atoms with Crippen LogP contribution >= 0.6 is 11.3 Å². The van der Waals surface area contributed by atoms with Gasteiger partial charge in [0.2, 0.25) is 0 Å². The van der Waals surface area contributed by atoms with Crippen LogP contribution in [0.3, 0.4) is 0 Å². The van der Waals surface area contributed by atoms with Crippen LogP contribution in [0, 0.1) is 5.41 Å². The smallest absolute Gasteiger partial charge is 0.355 e. The molecule has 3 heterocycles. The van der Waals surface area contributed by atoms with Crippen LogP contribution in [-0.2, 0) is 13.0 Å². The molecule has 1 saturated carbocycles. The van der Waals surface area contributed by atoms with E-state index in [9.17, 15) is 13.2 Å². The van der Waals surface area contributed by atoms with Crippen LogP contribution in [0.15, 0.2) is 42.7 Å². The highest BCUT2D eigenvalue weighted by molar-refractivity contribution is 7.18. The summed E-state index contributed by atoms with van der Waals surface area (Å²) >= 11 is 1.12. The van der Waals surface area contributed by atoms with Crippen molar-refractivity contribution in [1.29, 1.82) is 0 Å². The molecule has 3 aromatic rings. The minimum atomic E-state index is -4.21. The Labute approximate surface area is 189 Å². The van der Waals surface area contributed by atoms with Gasteiger partial charge in [-0.25, -0.2) is 9.97 Å². The molecule has 32 heavy (non-hydrogen) atoms. The quantitative estimate of drug-likeness (QED) is 0.528. The number of alkyl halides is 3. The number of hydrogen-bond donors (Lipinski definition) is 1. The monoisotopic (exact) mass is 460 g/mol. The lowest BCUT2D eigenvalue weighted by atomic mass is 9.72. The van der Waals surface area contributed by atoms with E-state index in [1.807, 2.05) is 6.07 Å². The van der Waals surface area contributed by atoms with Crippen molar-refractivity contribution in [1.82, 2.24) is 15.3 Å². The predicted octanol–water partition coefficient (Wildman–Crippen LogP) is 5.73. The van der Waals surface area contributed by atoms with E-state index >= 15 is 0 Å². The van der Waals surface area contributed by atoms with E-state index in [4.69, 9.17) is 0 Å². The third-order valence-corrected chi connectivity index (χ3v) is 8.00. The van der Waals surface area contributed by atoms with Gasteiger partial charge in [0.1, 0.15) is 17.0 Å². The van der Waals surface area contributed by atoms with Gasteiger partial charge in [-0.2, -0.15) is 13.2 Å². The van der Waals surface area contributed by atoms with Gasteiger partial charge in [0, 0.05) is 30.6 Å². The number of hydrogen-bond acceptors (Lipinski definition) is 5. The lowest BCUT2D eigenvalue weighted by Gasteiger charge is -2.37. The van der Waals surface area contributed by atoms with Crippen LogP contribution in [0.25, 0.3) is 10.2 Å². The Morgan fingerprint density at radius 3 is 2.62 bits per heavy atom. The summed E-state index contributed by atoms with van der Waals surface area (Å²) in [7, 11) is 0. The molecular formula is C24H27F3N4S. The predicted molar refractivity (Wildman–Crippen MR) is 122 cm³/mol. The zero-order valence-electron chi connectivity index (χ0n) is 17.9. The van der Waals surface area contributed by atoms with Crippen molar-refractivity contribution in [2.75, 3.05) is 18.0 Å². The lowest BCUT2D eigenvalue weighted by Crippen LogP contribution is -2.39. The fourth-order valence-electron chi connectivity index (χ4n) is 5.25. The van der Waals surface area contributed by atoms with Gasteiger partial charge in [-0.3, -0.25) is 0 Å². The van der Waals surface area contributed by atoms with Crippen LogP contribution < -0.4 is 10.2 Å². The van der Waals surface area contributed by atoms with Gasteiger partial charge < -0.3 is 10.2 Å². The molecule has 2 fully saturated rings. The van der Waals surface area contributed by atoms with Gasteiger partial charge in [-0.1, -0.05) is 30.3 Å². The van der Waals surface area contributed by atoms with Gasteiger partial charge in [-0.05, 0) is 49.1 Å². The average molecular weight is 461 g/mol. The molecular weight excluding hydrogens is 433 g/mol. The number of nitrogens with zero attached hydrogens (tertiary/aromatic N) is 3. The van der Waals surface area contributed by atoms with Crippen molar-refractivity contribution in [2.24, 2.45) is 5.41 Å². The van der Waals surface area contributed by atoms with E-state index in [1.165, 1.54) is 24.7 Å². The highest BCUT2D eigenvalue weighted by Gasteiger charge is 2.41. The number of aromatic nitrogens is 2. The molecule has 0 unspecified atom stereocenters. The van der Waals surface area contributed by atoms with Crippen LogP contribution in [0.4, 0.5) is 19.0 Å². The summed E-state index contributed by atoms with van der Waals surface area (Å²) < 4.78 is 38.5. The second-order valence-electron chi connectivity index (χ2n) is 9.23. The highest BCUT2D eigenvalue weighted by atomic mass is 32.1. The molecule has 2 aromatic heterocycles. The normalized spacial score (nSPS) is 24.0. The largest absolute Gasteiger partial charge is 0.393 e. The number of fused-ring (bicyclic) bond motifs is 1. The summed E-state index contributed by atoms with van der Waals surface area (Å²) in [5.74, 6) is 0.792. The first-order valence-electron chi connectivity index (χ1n) is 11.2. The number of halogens is 3. The Morgan fingerprint density at radius 1 is 1.09 bits per heavy atom. The van der Waals surface area contributed by atoms with Gasteiger partial charge >= 0.3 is 6.18 Å². The SMILES string of the molecule is FC(F)(F)Cc1cc2c(N3CCC4(CCC(NCc5ccccc5)CC4)C3)ncnc2s1. The van der Waals surface area contributed by atoms with Crippen molar-refractivity contribution in [2.45, 2.75) is 57.3 Å². The van der Waals surface area contributed by atoms with Gasteiger partial charge in [-0.15, -0.1) is 11.3 Å². The van der Waals surface area contributed by atoms with Crippen LogP contribution in [0.2, 0.25) is 0 Å². The van der Waals surface area contributed by atoms with Gasteiger partial charge in [0.15, 0.2) is 0 Å². The second-order valence-corrected chi connectivity index (χ2v) is 10.3. The summed E-state index contributed by atoms with van der Waals surface area (Å²) in [5, 5.41) is 4.46. The average Bonchev–Trinajstić information content (AvgIpc) is 3.36. The molecule has 1 spiro atoms. The van der Waals surface area contributed by atoms with E-state index in [0.717, 1.165) is 61.4 Å². The van der Waals surface area contributed by atoms with E-state index in [2.05, 4.69) is 44.5 Å². The number of anilines is 1. The molecule has 1 aliphatic heterocycles. The molecule has 2 aliphatic rings. The Kier molecular flexibility index (Phi) is 5.84. The van der Waals surface area contributed by atoms with Crippen LogP contribution in [-0.4, -0.2) is 35.3 Å². The van der Waals surface area contributed by atoms with E-state index in [-0.39, 0.29) is 5.41 Å². The summed E-state index contributed by atoms with van der Waals surface area (Å²) in [6.07, 6.45) is 2.15. The summed E-state index contributed by atoms with van der Waals surface area (Å²) in [5.41, 5.74) is 1.60. The minimum Gasteiger partial charge on any atom is -0.355 e. The standard InChI is InChI=1S/C24H27F3N4S/c25-24(26,27)13-19-12-20-21(29-16-30-22(20)32-19)31-11-10-23(15-31)8-6-18(7-9-23)28-14-17-4-2-1-3-5-17/h1-5,12,16,18,28H,6-11,13-15H2. The maximum Gasteiger partial charge on any atom is 0.393 e. The molecule has 0 atom stereocenters. The Balaban J connectivity index is 1.22. The first-order valence-corrected chi connectivity index (χ1v) is 12.0. The Morgan fingerprint density at radius 2 is 1.88 bits per heavy atom. The summed E-state index contributed by atoms with van der Waals surface area (Å²) in [6, 6.07) is 12.7. The molecule has 0 radical (unpaired) electrons. The third kappa shape index (κ3) is 4.76. The second kappa shape index (κ2) is 8.63. The van der Waals surface area contributed by atoms with E-state index in [1.54, 1.807) is 6.07 Å². The van der Waals surface area contributed by atoms with Crippen molar-refractivity contribution >= 4 is 27.4 Å². The first-order chi connectivity index (χ1) is 15.4. The van der Waals surface area contributed by atoms with Gasteiger partial charge in [0.05, 0.1) is 11.8 Å². The Hall–Kier alpha value is -2.19. The highest BCUT2D eigenvalue weighted by Crippen LogP contribution is 2.46. The maximum absolute atomic E-state index is 12.8. The van der Waals surface area contributed by atoms with Crippen LogP contribution in [0.5, 0.6) is 0 Å². The van der Waals surface area contributed by atoms with Crippen molar-refractivity contribution in [3.05, 3.63) is 53.2 Å². The number of nitrogens with one attached hydrogen (secondary N) is 1. The molecule has 8 heteroatoms. The molecule has 1 aromatic carbocycles. The Bertz CT molecular complexity index is 1060. The van der Waals surface area contributed by atoms with Gasteiger partial charge in [0.25, 0.3) is 0 Å². The zero-order chi connectivity index (χ0) is 22.2. The molecule has 4 nitrogen and oxygen atoms in total. The number of benzene rings is 1. The number of thiophene rings is 1. The molecule has 1 N–H and O–H groups in total. The topological polar surface area (TPSA) is 41.0 Å². The molecule has 1 saturated heterocycles. The molecule has 1 aliphatic carbocycles. The molecule has 5 rings (SSSR count). The third-order valence-electron chi connectivity index (χ3n) is 6.96. The minimum absolute atomic E-state index is 0.285. The van der Waals surface area contributed by atoms with E-state index < -0.39 is 12.6 Å². The molecule has 0 bridgehead atoms. The molecule has 0 amide bonds. The fourth-order valence-corrected chi connectivity index (χ4v) is 6.27. The van der Waals surface area contributed by atoms with E-state index in [0.29, 0.717) is 15.7 Å². The van der Waals surface area contributed by atoms with Crippen molar-refractivity contribution < 1.29 is 13.2 Å². The number of rotatable bonds is 5. The first kappa shape index (κ1) is 21.6. The summed E-state index contributed by atoms with van der Waals surface area (Å²) in [4.78, 5) is 11.9. The van der Waals surface area contributed by atoms with Crippen LogP contribution in [0.1, 0.15) is 42.5 Å². The van der Waals surface area contributed by atoms with Crippen molar-refractivity contribution in [3.63, 3.8) is 0 Å².